The lowest BCUT2D eigenvalue weighted by Gasteiger charge is -2.17. The van der Waals surface area contributed by atoms with Gasteiger partial charge in [-0.3, -0.25) is 4.98 Å². The highest BCUT2D eigenvalue weighted by molar-refractivity contribution is 7.09. The normalized spacial score (nSPS) is 17.0. The Morgan fingerprint density at radius 1 is 1.29 bits per heavy atom. The third-order valence-electron chi connectivity index (χ3n) is 3.61. The molecule has 0 bridgehead atoms. The third-order valence-corrected chi connectivity index (χ3v) is 4.41. The predicted octanol–water partition coefficient (Wildman–Crippen LogP) is 2.43. The average molecular weight is 244 g/mol. The van der Waals surface area contributed by atoms with Crippen molar-refractivity contribution < 1.29 is 0 Å². The van der Waals surface area contributed by atoms with Crippen molar-refractivity contribution in [1.82, 2.24) is 4.98 Å². The summed E-state index contributed by atoms with van der Waals surface area (Å²) in [5.74, 6) is 0.592. The molecule has 0 spiro atoms. The molecule has 0 fully saturated rings. The van der Waals surface area contributed by atoms with Crippen molar-refractivity contribution in [3.8, 4) is 0 Å². The molecule has 1 unspecified atom stereocenters. The van der Waals surface area contributed by atoms with Crippen molar-refractivity contribution in [1.29, 1.82) is 0 Å². The van der Waals surface area contributed by atoms with E-state index in [1.165, 1.54) is 16.0 Å². The van der Waals surface area contributed by atoms with Gasteiger partial charge in [-0.15, -0.1) is 11.3 Å². The predicted molar refractivity (Wildman–Crippen MR) is 71.1 cm³/mol. The molecule has 2 N–H and O–H groups in total. The lowest BCUT2D eigenvalue weighted by Crippen LogP contribution is -2.32. The number of nitrogens with two attached hydrogens (primary N) is 1. The number of aromatic nitrogens is 1. The first-order valence-corrected chi connectivity index (χ1v) is 6.90. The van der Waals surface area contributed by atoms with Crippen LogP contribution >= 0.6 is 11.3 Å². The number of fused-ring (bicyclic) bond motifs is 1. The summed E-state index contributed by atoms with van der Waals surface area (Å²) in [5, 5.41) is 0. The van der Waals surface area contributed by atoms with Gasteiger partial charge in [0.15, 0.2) is 0 Å². The molecule has 3 rings (SSSR count). The van der Waals surface area contributed by atoms with Gasteiger partial charge >= 0.3 is 0 Å². The van der Waals surface area contributed by atoms with Crippen molar-refractivity contribution in [3.05, 3.63) is 52.0 Å². The van der Waals surface area contributed by atoms with Gasteiger partial charge in [-0.05, 0) is 36.3 Å². The highest BCUT2D eigenvalue weighted by atomic mass is 32.1. The molecule has 1 aliphatic rings. The fourth-order valence-corrected chi connectivity index (χ4v) is 3.31. The maximum Gasteiger partial charge on any atom is 0.0794 e. The monoisotopic (exact) mass is 244 g/mol. The van der Waals surface area contributed by atoms with Crippen LogP contribution in [0.3, 0.4) is 0 Å². The summed E-state index contributed by atoms with van der Waals surface area (Å²) in [5.41, 5.74) is 11.2. The Labute approximate surface area is 106 Å². The van der Waals surface area contributed by atoms with E-state index in [2.05, 4.69) is 29.2 Å². The van der Waals surface area contributed by atoms with E-state index < -0.39 is 0 Å². The summed E-state index contributed by atoms with van der Waals surface area (Å²) in [7, 11) is 0. The molecule has 0 radical (unpaired) electrons. The molecule has 0 amide bonds. The van der Waals surface area contributed by atoms with E-state index in [1.54, 1.807) is 11.3 Å². The number of rotatable bonds is 3. The molecule has 88 valence electrons. The first-order valence-electron chi connectivity index (χ1n) is 6.02. The van der Waals surface area contributed by atoms with Gasteiger partial charge in [0.05, 0.1) is 5.51 Å². The number of benzene rings is 1. The number of hydrogen-bond donors (Lipinski definition) is 1. The molecule has 3 heteroatoms. The fourth-order valence-electron chi connectivity index (χ4n) is 2.64. The lowest BCUT2D eigenvalue weighted by molar-refractivity contribution is 0.439. The molecule has 2 nitrogen and oxygen atoms in total. The maximum atomic E-state index is 6.33. The van der Waals surface area contributed by atoms with Crippen LogP contribution in [0, 0.1) is 5.92 Å². The van der Waals surface area contributed by atoms with Gasteiger partial charge in [0.25, 0.3) is 0 Å². The van der Waals surface area contributed by atoms with Crippen LogP contribution in [-0.2, 0) is 19.3 Å². The van der Waals surface area contributed by atoms with Crippen molar-refractivity contribution in [3.63, 3.8) is 0 Å². The minimum absolute atomic E-state index is 0.253. The molecule has 1 atom stereocenters. The summed E-state index contributed by atoms with van der Waals surface area (Å²) < 4.78 is 0. The Morgan fingerprint density at radius 2 is 2.00 bits per heavy atom. The van der Waals surface area contributed by atoms with E-state index in [4.69, 9.17) is 5.73 Å². The Morgan fingerprint density at radius 3 is 2.59 bits per heavy atom. The first-order chi connectivity index (χ1) is 8.33. The largest absolute Gasteiger partial charge is 0.327 e. The van der Waals surface area contributed by atoms with Crippen LogP contribution < -0.4 is 5.73 Å². The molecule has 1 aliphatic carbocycles. The Hall–Kier alpha value is -1.19. The zero-order valence-corrected chi connectivity index (χ0v) is 10.5. The van der Waals surface area contributed by atoms with Crippen LogP contribution in [0.1, 0.15) is 16.0 Å². The number of nitrogens with zero attached hydrogens (tertiary/aromatic N) is 1. The standard InChI is InChI=1S/C14H16N2S/c15-14(7-13-8-16-9-17-13)12-5-10-3-1-2-4-11(10)6-12/h1-4,8-9,12,14H,5-7,15H2. The highest BCUT2D eigenvalue weighted by Gasteiger charge is 2.26. The third kappa shape index (κ3) is 2.26. The van der Waals surface area contributed by atoms with Gasteiger partial charge in [-0.2, -0.15) is 0 Å². The Balaban J connectivity index is 1.68. The fraction of sp³-hybridized carbons (Fsp3) is 0.357. The molecule has 1 aromatic heterocycles. The minimum atomic E-state index is 0.253. The van der Waals surface area contributed by atoms with Crippen LogP contribution in [0.25, 0.3) is 0 Å². The van der Waals surface area contributed by atoms with E-state index in [9.17, 15) is 0 Å². The van der Waals surface area contributed by atoms with Gasteiger partial charge in [-0.1, -0.05) is 24.3 Å². The SMILES string of the molecule is NC(Cc1cncs1)C1Cc2ccccc2C1. The summed E-state index contributed by atoms with van der Waals surface area (Å²) in [6.45, 7) is 0. The van der Waals surface area contributed by atoms with E-state index >= 15 is 0 Å². The van der Waals surface area contributed by atoms with Crippen LogP contribution in [-0.4, -0.2) is 11.0 Å². The van der Waals surface area contributed by atoms with E-state index in [1.807, 2.05) is 11.7 Å². The zero-order chi connectivity index (χ0) is 11.7. The highest BCUT2D eigenvalue weighted by Crippen LogP contribution is 2.29. The van der Waals surface area contributed by atoms with Gasteiger partial charge < -0.3 is 5.73 Å². The molecule has 1 heterocycles. The van der Waals surface area contributed by atoms with Crippen molar-refractivity contribution in [2.24, 2.45) is 11.7 Å². The topological polar surface area (TPSA) is 38.9 Å². The summed E-state index contributed by atoms with van der Waals surface area (Å²) in [4.78, 5) is 5.40. The lowest BCUT2D eigenvalue weighted by atomic mass is 9.94. The molecule has 1 aromatic carbocycles. The van der Waals surface area contributed by atoms with E-state index in [0.29, 0.717) is 5.92 Å². The molecular formula is C14H16N2S. The van der Waals surface area contributed by atoms with Gasteiger partial charge in [-0.25, -0.2) is 0 Å². The van der Waals surface area contributed by atoms with Crippen LogP contribution in [0.15, 0.2) is 36.0 Å². The second-order valence-corrected chi connectivity index (χ2v) is 5.74. The van der Waals surface area contributed by atoms with Crippen LogP contribution in [0.2, 0.25) is 0 Å². The summed E-state index contributed by atoms with van der Waals surface area (Å²) >= 11 is 1.70. The number of thiazole rings is 1. The molecule has 0 saturated carbocycles. The first kappa shape index (κ1) is 10.9. The maximum absolute atomic E-state index is 6.33. The molecule has 2 aromatic rings. The van der Waals surface area contributed by atoms with Crippen LogP contribution in [0.5, 0.6) is 0 Å². The van der Waals surface area contributed by atoms with Crippen molar-refractivity contribution >= 4 is 11.3 Å². The van der Waals surface area contributed by atoms with E-state index in [0.717, 1.165) is 19.3 Å². The second-order valence-electron chi connectivity index (χ2n) is 4.77. The van der Waals surface area contributed by atoms with E-state index in [-0.39, 0.29) is 6.04 Å². The van der Waals surface area contributed by atoms with Gasteiger partial charge in [0, 0.05) is 17.1 Å². The van der Waals surface area contributed by atoms with Crippen LogP contribution in [0.4, 0.5) is 0 Å². The number of hydrogen-bond acceptors (Lipinski definition) is 3. The zero-order valence-electron chi connectivity index (χ0n) is 9.67. The summed E-state index contributed by atoms with van der Waals surface area (Å²) in [6, 6.07) is 8.96. The average Bonchev–Trinajstić information content (AvgIpc) is 2.96. The second kappa shape index (κ2) is 4.59. The Bertz CT molecular complexity index is 468. The molecular weight excluding hydrogens is 228 g/mol. The van der Waals surface area contributed by atoms with Crippen molar-refractivity contribution in [2.45, 2.75) is 25.3 Å². The van der Waals surface area contributed by atoms with Gasteiger partial charge in [0.1, 0.15) is 0 Å². The molecule has 17 heavy (non-hydrogen) atoms. The minimum Gasteiger partial charge on any atom is -0.327 e. The molecule has 0 aliphatic heterocycles. The smallest absolute Gasteiger partial charge is 0.0794 e. The van der Waals surface area contributed by atoms with Gasteiger partial charge in [0.2, 0.25) is 0 Å². The summed E-state index contributed by atoms with van der Waals surface area (Å²) in [6.07, 6.45) is 5.17. The molecule has 0 saturated heterocycles. The quantitative estimate of drug-likeness (QED) is 0.900. The van der Waals surface area contributed by atoms with Crippen molar-refractivity contribution in [2.75, 3.05) is 0 Å². The Kier molecular flexibility index (Phi) is 2.95.